The lowest BCUT2D eigenvalue weighted by Crippen LogP contribution is -1.99. The standard InChI is InChI=1S/C6H6N2O2S/c7-4-6-2-1-3-8(6)5-11(9)10/h1-3,11H,5H2. The first-order valence-electron chi connectivity index (χ1n) is 2.91. The van der Waals surface area contributed by atoms with Crippen molar-refractivity contribution >= 4 is 10.7 Å². The average Bonchev–Trinajstić information content (AvgIpc) is 2.34. The molecule has 0 saturated heterocycles. The topological polar surface area (TPSA) is 62.9 Å². The molecule has 58 valence electrons. The molecule has 0 aliphatic heterocycles. The minimum absolute atomic E-state index is 0.120. The Morgan fingerprint density at radius 3 is 2.91 bits per heavy atom. The van der Waals surface area contributed by atoms with E-state index in [2.05, 4.69) is 0 Å². The summed E-state index contributed by atoms with van der Waals surface area (Å²) in [7, 11) is -2.46. The van der Waals surface area contributed by atoms with Crippen molar-refractivity contribution in [1.29, 1.82) is 5.26 Å². The first-order chi connectivity index (χ1) is 5.24. The summed E-state index contributed by atoms with van der Waals surface area (Å²) in [6.45, 7) is 0. The monoisotopic (exact) mass is 170 g/mol. The van der Waals surface area contributed by atoms with Gasteiger partial charge in [-0.05, 0) is 12.1 Å². The van der Waals surface area contributed by atoms with Crippen molar-refractivity contribution in [2.24, 2.45) is 0 Å². The quantitative estimate of drug-likeness (QED) is 0.632. The average molecular weight is 170 g/mol. The summed E-state index contributed by atoms with van der Waals surface area (Å²) < 4.78 is 21.9. The lowest BCUT2D eigenvalue weighted by molar-refractivity contribution is 0.603. The van der Waals surface area contributed by atoms with Gasteiger partial charge in [-0.2, -0.15) is 5.26 Å². The molecule has 1 heterocycles. The van der Waals surface area contributed by atoms with Crippen molar-refractivity contribution < 1.29 is 8.42 Å². The van der Waals surface area contributed by atoms with Crippen LogP contribution in [0.15, 0.2) is 18.3 Å². The summed E-state index contributed by atoms with van der Waals surface area (Å²) >= 11 is 0. The lowest BCUT2D eigenvalue weighted by Gasteiger charge is -1.95. The van der Waals surface area contributed by atoms with Crippen LogP contribution in [0.5, 0.6) is 0 Å². The summed E-state index contributed by atoms with van der Waals surface area (Å²) in [5.41, 5.74) is 0.365. The summed E-state index contributed by atoms with van der Waals surface area (Å²) in [5, 5.41) is 8.45. The van der Waals surface area contributed by atoms with Crippen molar-refractivity contribution in [2.45, 2.75) is 5.88 Å². The predicted octanol–water partition coefficient (Wildman–Crippen LogP) is -0.0713. The molecule has 5 heteroatoms. The molecule has 0 atom stereocenters. The molecule has 0 aromatic carbocycles. The van der Waals surface area contributed by atoms with Gasteiger partial charge in [-0.25, -0.2) is 8.42 Å². The van der Waals surface area contributed by atoms with E-state index in [9.17, 15) is 8.42 Å². The molecule has 1 aromatic heterocycles. The molecule has 1 rings (SSSR count). The summed E-state index contributed by atoms with van der Waals surface area (Å²) in [5.74, 6) is -0.120. The lowest BCUT2D eigenvalue weighted by atomic mass is 10.5. The summed E-state index contributed by atoms with van der Waals surface area (Å²) in [6, 6.07) is 5.08. The van der Waals surface area contributed by atoms with Crippen LogP contribution >= 0.6 is 0 Å². The van der Waals surface area contributed by atoms with Gasteiger partial charge >= 0.3 is 0 Å². The molecule has 0 bridgehead atoms. The zero-order valence-electron chi connectivity index (χ0n) is 5.60. The van der Waals surface area contributed by atoms with Crippen LogP contribution in [-0.2, 0) is 16.6 Å². The van der Waals surface area contributed by atoms with Crippen molar-refractivity contribution in [3.63, 3.8) is 0 Å². The molecular formula is C6H6N2O2S. The molecule has 0 spiro atoms. The Kier molecular flexibility index (Phi) is 2.28. The molecule has 1 aromatic rings. The van der Waals surface area contributed by atoms with Gasteiger partial charge in [-0.3, -0.25) is 0 Å². The van der Waals surface area contributed by atoms with E-state index < -0.39 is 10.7 Å². The van der Waals surface area contributed by atoms with E-state index in [0.717, 1.165) is 0 Å². The van der Waals surface area contributed by atoms with Gasteiger partial charge in [-0.15, -0.1) is 0 Å². The SMILES string of the molecule is N#Cc1cccn1C[SH](=O)=O. The Morgan fingerprint density at radius 1 is 1.64 bits per heavy atom. The van der Waals surface area contributed by atoms with Gasteiger partial charge in [0.2, 0.25) is 0 Å². The number of nitriles is 1. The van der Waals surface area contributed by atoms with E-state index in [4.69, 9.17) is 5.26 Å². The molecule has 0 N–H and O–H groups in total. The highest BCUT2D eigenvalue weighted by molar-refractivity contribution is 7.71. The van der Waals surface area contributed by atoms with Crippen LogP contribution < -0.4 is 0 Å². The fraction of sp³-hybridized carbons (Fsp3) is 0.167. The summed E-state index contributed by atoms with van der Waals surface area (Å²) in [4.78, 5) is 0. The van der Waals surface area contributed by atoms with Gasteiger partial charge in [0.1, 0.15) is 17.6 Å². The maximum absolute atomic E-state index is 10.2. The van der Waals surface area contributed by atoms with Crippen molar-refractivity contribution in [3.05, 3.63) is 24.0 Å². The number of thiol groups is 1. The van der Waals surface area contributed by atoms with Crippen LogP contribution in [0.3, 0.4) is 0 Å². The molecule has 0 fully saturated rings. The molecular weight excluding hydrogens is 164 g/mol. The van der Waals surface area contributed by atoms with E-state index in [1.54, 1.807) is 18.3 Å². The van der Waals surface area contributed by atoms with Gasteiger partial charge < -0.3 is 4.57 Å². The Bertz CT molecular complexity index is 351. The minimum Gasteiger partial charge on any atom is -0.325 e. The van der Waals surface area contributed by atoms with E-state index in [-0.39, 0.29) is 5.88 Å². The zero-order chi connectivity index (χ0) is 8.27. The first-order valence-corrected chi connectivity index (χ1v) is 4.27. The highest BCUT2D eigenvalue weighted by Gasteiger charge is 1.97. The normalized spacial score (nSPS) is 9.82. The van der Waals surface area contributed by atoms with Crippen LogP contribution in [0.4, 0.5) is 0 Å². The highest BCUT2D eigenvalue weighted by Crippen LogP contribution is 1.99. The smallest absolute Gasteiger partial charge is 0.158 e. The van der Waals surface area contributed by atoms with E-state index in [1.807, 2.05) is 6.07 Å². The third kappa shape index (κ3) is 1.82. The van der Waals surface area contributed by atoms with Crippen LogP contribution in [0.1, 0.15) is 5.69 Å². The molecule has 0 radical (unpaired) electrons. The van der Waals surface area contributed by atoms with Crippen molar-refractivity contribution in [3.8, 4) is 6.07 Å². The fourth-order valence-corrected chi connectivity index (χ4v) is 1.26. The maximum Gasteiger partial charge on any atom is 0.158 e. The van der Waals surface area contributed by atoms with Crippen LogP contribution in [-0.4, -0.2) is 13.0 Å². The van der Waals surface area contributed by atoms with Gasteiger partial charge in [0, 0.05) is 6.20 Å². The highest BCUT2D eigenvalue weighted by atomic mass is 32.2. The predicted molar refractivity (Wildman–Crippen MR) is 39.5 cm³/mol. The minimum atomic E-state index is -2.46. The third-order valence-corrected chi connectivity index (χ3v) is 1.75. The third-order valence-electron chi connectivity index (χ3n) is 1.21. The van der Waals surface area contributed by atoms with E-state index in [0.29, 0.717) is 5.69 Å². The van der Waals surface area contributed by atoms with Crippen LogP contribution in [0.25, 0.3) is 0 Å². The summed E-state index contributed by atoms with van der Waals surface area (Å²) in [6.07, 6.45) is 1.56. The van der Waals surface area contributed by atoms with E-state index >= 15 is 0 Å². The number of nitrogens with zero attached hydrogens (tertiary/aromatic N) is 2. The number of hydrogen-bond acceptors (Lipinski definition) is 3. The Labute approximate surface area is 65.6 Å². The molecule has 0 saturated carbocycles. The van der Waals surface area contributed by atoms with Gasteiger partial charge in [0.05, 0.1) is 0 Å². The largest absolute Gasteiger partial charge is 0.325 e. The Morgan fingerprint density at radius 2 is 2.36 bits per heavy atom. The number of aromatic nitrogens is 1. The number of hydrogen-bond donors (Lipinski definition) is 1. The van der Waals surface area contributed by atoms with Crippen molar-refractivity contribution in [2.75, 3.05) is 0 Å². The first kappa shape index (κ1) is 7.82. The molecule has 4 nitrogen and oxygen atoms in total. The Balaban J connectivity index is 2.96. The van der Waals surface area contributed by atoms with Gasteiger partial charge in [0.15, 0.2) is 10.7 Å². The van der Waals surface area contributed by atoms with Crippen LogP contribution in [0.2, 0.25) is 0 Å². The zero-order valence-corrected chi connectivity index (χ0v) is 6.49. The Hall–Kier alpha value is -1.28. The van der Waals surface area contributed by atoms with E-state index in [1.165, 1.54) is 4.57 Å². The second-order valence-electron chi connectivity index (χ2n) is 1.95. The van der Waals surface area contributed by atoms with Crippen LogP contribution in [0, 0.1) is 11.3 Å². The van der Waals surface area contributed by atoms with Gasteiger partial charge in [0.25, 0.3) is 0 Å². The maximum atomic E-state index is 10.2. The van der Waals surface area contributed by atoms with Crippen molar-refractivity contribution in [1.82, 2.24) is 4.57 Å². The molecule has 0 aliphatic carbocycles. The van der Waals surface area contributed by atoms with Gasteiger partial charge in [-0.1, -0.05) is 0 Å². The molecule has 0 amide bonds. The molecule has 0 aliphatic rings. The second-order valence-corrected chi connectivity index (χ2v) is 2.90. The second kappa shape index (κ2) is 3.21. The fourth-order valence-electron chi connectivity index (χ4n) is 0.763. The molecule has 0 unspecified atom stereocenters. The molecule has 11 heavy (non-hydrogen) atoms. The number of rotatable bonds is 2.